The van der Waals surface area contributed by atoms with Gasteiger partial charge in [0.15, 0.2) is 0 Å². The van der Waals surface area contributed by atoms with Crippen molar-refractivity contribution in [1.82, 2.24) is 4.98 Å². The smallest absolute Gasteiger partial charge is 0.228 e. The van der Waals surface area contributed by atoms with Crippen LogP contribution < -0.4 is 5.32 Å². The number of phenols is 1. The summed E-state index contributed by atoms with van der Waals surface area (Å²) in [6.45, 7) is 8.05. The number of aromatic nitrogens is 1. The van der Waals surface area contributed by atoms with Crippen molar-refractivity contribution in [2.75, 3.05) is 5.32 Å². The number of aromatic hydroxyl groups is 1. The van der Waals surface area contributed by atoms with Crippen LogP contribution in [0.15, 0.2) is 36.4 Å². The van der Waals surface area contributed by atoms with Crippen LogP contribution in [-0.2, 0) is 16.6 Å². The van der Waals surface area contributed by atoms with Crippen molar-refractivity contribution in [3.8, 4) is 5.75 Å². The molecule has 3 rings (SSSR count). The maximum atomic E-state index is 13.6. The molecule has 4 nitrogen and oxygen atoms in total. The molecule has 1 heterocycles. The zero-order chi connectivity index (χ0) is 19.1. The van der Waals surface area contributed by atoms with E-state index in [1.165, 1.54) is 12.1 Å². The van der Waals surface area contributed by atoms with E-state index in [4.69, 9.17) is 0 Å². The lowest BCUT2D eigenvalue weighted by Crippen LogP contribution is -2.16. The summed E-state index contributed by atoms with van der Waals surface area (Å²) in [5.74, 6) is -0.582. The number of nitrogens with one attached hydrogen (secondary N) is 2. The summed E-state index contributed by atoms with van der Waals surface area (Å²) < 4.78 is 13.6. The van der Waals surface area contributed by atoms with Crippen LogP contribution in [0.4, 0.5) is 10.1 Å². The molecule has 0 saturated carbocycles. The van der Waals surface area contributed by atoms with E-state index in [1.54, 1.807) is 18.2 Å². The lowest BCUT2D eigenvalue weighted by Gasteiger charge is -2.20. The number of H-pyrrole nitrogens is 1. The van der Waals surface area contributed by atoms with E-state index < -0.39 is 0 Å². The number of carbonyl (C=O) groups is 1. The Bertz CT molecular complexity index is 984. The molecule has 3 N–H and O–H groups in total. The highest BCUT2D eigenvalue weighted by molar-refractivity contribution is 5.97. The highest BCUT2D eigenvalue weighted by Crippen LogP contribution is 2.31. The van der Waals surface area contributed by atoms with Gasteiger partial charge in [-0.25, -0.2) is 4.39 Å². The summed E-state index contributed by atoms with van der Waals surface area (Å²) >= 11 is 0. The largest absolute Gasteiger partial charge is 0.506 e. The molecule has 0 unspecified atom stereocenters. The molecule has 0 saturated heterocycles. The number of rotatable bonds is 3. The van der Waals surface area contributed by atoms with Gasteiger partial charge >= 0.3 is 0 Å². The number of hydrogen-bond donors (Lipinski definition) is 3. The van der Waals surface area contributed by atoms with Gasteiger partial charge in [0, 0.05) is 16.6 Å². The van der Waals surface area contributed by atoms with Crippen LogP contribution in [0, 0.1) is 12.7 Å². The number of carbonyl (C=O) groups excluding carboxylic acids is 1. The lowest BCUT2D eigenvalue weighted by atomic mass is 9.87. The van der Waals surface area contributed by atoms with Crippen molar-refractivity contribution in [2.24, 2.45) is 0 Å². The van der Waals surface area contributed by atoms with Crippen molar-refractivity contribution in [3.63, 3.8) is 0 Å². The first-order chi connectivity index (χ1) is 12.1. The predicted octanol–water partition coefficient (Wildman–Crippen LogP) is 4.80. The fourth-order valence-electron chi connectivity index (χ4n) is 3.04. The Morgan fingerprint density at radius 1 is 1.19 bits per heavy atom. The van der Waals surface area contributed by atoms with E-state index in [0.29, 0.717) is 11.1 Å². The third-order valence-corrected chi connectivity index (χ3v) is 4.56. The third kappa shape index (κ3) is 3.57. The van der Waals surface area contributed by atoms with E-state index in [2.05, 4.69) is 31.1 Å². The van der Waals surface area contributed by atoms with E-state index >= 15 is 0 Å². The summed E-state index contributed by atoms with van der Waals surface area (Å²) in [6, 6.07) is 9.70. The quantitative estimate of drug-likeness (QED) is 0.592. The molecule has 0 atom stereocenters. The normalized spacial score (nSPS) is 11.7. The van der Waals surface area contributed by atoms with Crippen LogP contribution in [0.5, 0.6) is 5.75 Å². The maximum absolute atomic E-state index is 13.6. The Hall–Kier alpha value is -2.82. The number of anilines is 1. The Morgan fingerprint density at radius 2 is 1.92 bits per heavy atom. The number of benzene rings is 2. The van der Waals surface area contributed by atoms with Gasteiger partial charge in [0.25, 0.3) is 0 Å². The molecule has 2 aromatic carbocycles. The highest BCUT2D eigenvalue weighted by atomic mass is 19.1. The summed E-state index contributed by atoms with van der Waals surface area (Å²) in [7, 11) is 0. The van der Waals surface area contributed by atoms with Gasteiger partial charge in [0.05, 0.1) is 12.1 Å². The average molecular weight is 354 g/mol. The molecule has 3 aromatic rings. The summed E-state index contributed by atoms with van der Waals surface area (Å²) in [5, 5.41) is 13.5. The zero-order valence-electron chi connectivity index (χ0n) is 15.4. The Kier molecular flexibility index (Phi) is 4.48. The van der Waals surface area contributed by atoms with Gasteiger partial charge in [0.1, 0.15) is 11.6 Å². The molecule has 0 spiro atoms. The Morgan fingerprint density at radius 3 is 2.62 bits per heavy atom. The second kappa shape index (κ2) is 6.48. The predicted molar refractivity (Wildman–Crippen MR) is 102 cm³/mol. The molecular formula is C21H23FN2O2. The van der Waals surface area contributed by atoms with Crippen molar-refractivity contribution in [1.29, 1.82) is 0 Å². The topological polar surface area (TPSA) is 65.1 Å². The molecule has 0 aliphatic heterocycles. The first-order valence-electron chi connectivity index (χ1n) is 8.55. The van der Waals surface area contributed by atoms with E-state index in [-0.39, 0.29) is 29.3 Å². The van der Waals surface area contributed by atoms with Gasteiger partial charge in [-0.15, -0.1) is 0 Å². The van der Waals surface area contributed by atoms with Crippen LogP contribution in [0.3, 0.4) is 0 Å². The molecule has 1 amide bonds. The van der Waals surface area contributed by atoms with E-state index in [9.17, 15) is 14.3 Å². The monoisotopic (exact) mass is 354 g/mol. The van der Waals surface area contributed by atoms with Crippen molar-refractivity contribution < 1.29 is 14.3 Å². The van der Waals surface area contributed by atoms with Crippen LogP contribution in [0.1, 0.15) is 37.6 Å². The Labute approximate surface area is 152 Å². The van der Waals surface area contributed by atoms with Gasteiger partial charge in [-0.1, -0.05) is 26.8 Å². The minimum atomic E-state index is -0.339. The molecule has 0 fully saturated rings. The van der Waals surface area contributed by atoms with Crippen molar-refractivity contribution in [3.05, 3.63) is 59.0 Å². The van der Waals surface area contributed by atoms with E-state index in [0.717, 1.165) is 22.3 Å². The molecule has 0 aliphatic carbocycles. The molecule has 0 radical (unpaired) electrons. The third-order valence-electron chi connectivity index (χ3n) is 4.56. The minimum Gasteiger partial charge on any atom is -0.506 e. The number of phenolic OH excluding ortho intramolecular Hbond substituents is 1. The number of fused-ring (bicyclic) bond motifs is 1. The summed E-state index contributed by atoms with van der Waals surface area (Å²) in [6.07, 6.45) is 0.0917. The van der Waals surface area contributed by atoms with Gasteiger partial charge in [-0.3, -0.25) is 4.79 Å². The van der Waals surface area contributed by atoms with Gasteiger partial charge in [-0.05, 0) is 53.8 Å². The fraction of sp³-hybridized carbons (Fsp3) is 0.286. The molecule has 26 heavy (non-hydrogen) atoms. The van der Waals surface area contributed by atoms with Crippen LogP contribution in [0.25, 0.3) is 10.9 Å². The molecule has 136 valence electrons. The van der Waals surface area contributed by atoms with Crippen molar-refractivity contribution in [2.45, 2.75) is 39.5 Å². The zero-order valence-corrected chi connectivity index (χ0v) is 15.4. The van der Waals surface area contributed by atoms with Crippen LogP contribution in [-0.4, -0.2) is 16.0 Å². The molecule has 1 aromatic heterocycles. The van der Waals surface area contributed by atoms with Gasteiger partial charge in [0.2, 0.25) is 5.91 Å². The first kappa shape index (κ1) is 18.0. The first-order valence-corrected chi connectivity index (χ1v) is 8.55. The van der Waals surface area contributed by atoms with Gasteiger partial charge in [-0.2, -0.15) is 0 Å². The summed E-state index contributed by atoms with van der Waals surface area (Å²) in [4.78, 5) is 15.7. The van der Waals surface area contributed by atoms with Crippen LogP contribution in [0.2, 0.25) is 0 Å². The lowest BCUT2D eigenvalue weighted by molar-refractivity contribution is -0.115. The second-order valence-electron chi connectivity index (χ2n) is 7.63. The SMILES string of the molecule is Cc1[nH]c2ccc(F)cc2c1CC(=O)Nc1cc(C(C)(C)C)ccc1O. The standard InChI is InChI=1S/C21H23FN2O2/c1-12-15(16-10-14(22)6-7-17(16)23-12)11-20(26)24-18-9-13(21(2,3)4)5-8-19(18)25/h5-10,23,25H,11H2,1-4H3,(H,24,26). The number of amides is 1. The summed E-state index contributed by atoms with van der Waals surface area (Å²) in [5.41, 5.74) is 3.67. The Balaban J connectivity index is 1.86. The van der Waals surface area contributed by atoms with Gasteiger partial charge < -0.3 is 15.4 Å². The maximum Gasteiger partial charge on any atom is 0.228 e. The molecule has 0 bridgehead atoms. The fourth-order valence-corrected chi connectivity index (χ4v) is 3.04. The highest BCUT2D eigenvalue weighted by Gasteiger charge is 2.18. The number of aromatic amines is 1. The molecule has 0 aliphatic rings. The average Bonchev–Trinajstić information content (AvgIpc) is 2.84. The van der Waals surface area contributed by atoms with Crippen LogP contribution >= 0.6 is 0 Å². The van der Waals surface area contributed by atoms with Crippen molar-refractivity contribution >= 4 is 22.5 Å². The molecular weight excluding hydrogens is 331 g/mol. The number of aryl methyl sites for hydroxylation is 1. The van der Waals surface area contributed by atoms with E-state index in [1.807, 2.05) is 13.0 Å². The molecule has 5 heteroatoms. The number of hydrogen-bond acceptors (Lipinski definition) is 2. The second-order valence-corrected chi connectivity index (χ2v) is 7.63. The number of halogens is 1. The minimum absolute atomic E-state index is 0.0213.